The Balaban J connectivity index is 0. The van der Waals surface area contributed by atoms with Crippen molar-refractivity contribution >= 4 is 81.8 Å². The van der Waals surface area contributed by atoms with Gasteiger partial charge in [0.2, 0.25) is 0 Å². The van der Waals surface area contributed by atoms with Crippen LogP contribution in [0.4, 0.5) is 0 Å². The summed E-state index contributed by atoms with van der Waals surface area (Å²) in [5.74, 6) is 0. The van der Waals surface area contributed by atoms with E-state index in [2.05, 4.69) is 0 Å². The second-order valence-corrected chi connectivity index (χ2v) is 0. The van der Waals surface area contributed by atoms with Crippen LogP contribution in [-0.4, -0.2) is 81.8 Å². The fourth-order valence-corrected chi connectivity index (χ4v) is 0. The van der Waals surface area contributed by atoms with Crippen LogP contribution < -0.4 is 0 Å². The summed E-state index contributed by atoms with van der Waals surface area (Å²) in [5.41, 5.74) is 0. The van der Waals surface area contributed by atoms with Crippen molar-refractivity contribution in [2.45, 2.75) is 0 Å². The van der Waals surface area contributed by atoms with Crippen LogP contribution in [0.2, 0.25) is 0 Å². The zero-order chi connectivity index (χ0) is 0. The normalized spacial score (nSPS) is 0. The Hall–Kier alpha value is 2.62. The molecule has 0 aromatic rings. The molecule has 28 valence electrons. The Labute approximate surface area is 80.5 Å². The molecular weight excluding hydrogens is 428 g/mol. The van der Waals surface area contributed by atoms with Crippen molar-refractivity contribution in [2.75, 3.05) is 0 Å². The van der Waals surface area contributed by atoms with Gasteiger partial charge in [-0.1, -0.05) is 0 Å². The second kappa shape index (κ2) is 17.5. The Bertz CT molecular complexity index is 8.00. The topological polar surface area (TPSA) is 0 Å². The van der Waals surface area contributed by atoms with Gasteiger partial charge in [0.05, 0.1) is 0 Å². The van der Waals surface area contributed by atoms with E-state index in [1.165, 1.54) is 0 Å². The minimum atomic E-state index is 0. The van der Waals surface area contributed by atoms with Crippen LogP contribution in [-0.2, 0) is 0 Å². The molecule has 0 amide bonds. The van der Waals surface area contributed by atoms with Gasteiger partial charge in [0.1, 0.15) is 0 Å². The summed E-state index contributed by atoms with van der Waals surface area (Å²) in [6.45, 7) is 0. The van der Waals surface area contributed by atoms with Gasteiger partial charge in [0.15, 0.2) is 0 Å². The van der Waals surface area contributed by atoms with Crippen LogP contribution in [0, 0.1) is 0 Å². The quantitative estimate of drug-likeness (QED) is 0.334. The van der Waals surface area contributed by atoms with Crippen LogP contribution in [0.3, 0.4) is 0 Å². The molecule has 0 aromatic carbocycles. The molecule has 4 heteroatoms. The fourth-order valence-electron chi connectivity index (χ4n) is 0. The first-order valence-electron chi connectivity index (χ1n) is 0. The predicted molar refractivity (Wildman–Crippen MR) is 38.4 cm³/mol. The van der Waals surface area contributed by atoms with Gasteiger partial charge in [-0.3, -0.25) is 0 Å². The summed E-state index contributed by atoms with van der Waals surface area (Å²) in [4.78, 5) is 0. The van der Waals surface area contributed by atoms with E-state index in [1.54, 1.807) is 0 Å². The van der Waals surface area contributed by atoms with Crippen LogP contribution in [0.15, 0.2) is 0 Å². The van der Waals surface area contributed by atoms with Gasteiger partial charge in [-0.05, 0) is 0 Å². The molecule has 0 atom stereocenters. The molecule has 0 nitrogen and oxygen atoms in total. The predicted octanol–water partition coefficient (Wildman–Crippen LogP) is -4.47. The van der Waals surface area contributed by atoms with Gasteiger partial charge in [-0.25, -0.2) is 0 Å². The van der Waals surface area contributed by atoms with Gasteiger partial charge in [0, 0.05) is 0 Å². The first-order valence-corrected chi connectivity index (χ1v) is 0. The Morgan fingerprint density at radius 3 is 1.00 bits per heavy atom. The van der Waals surface area contributed by atoms with Gasteiger partial charge in [-0.2, -0.15) is 0 Å². The van der Waals surface area contributed by atoms with Crippen molar-refractivity contribution in [2.24, 2.45) is 0 Å². The van der Waals surface area contributed by atoms with Crippen LogP contribution in [0.5, 0.6) is 0 Å². The third kappa shape index (κ3) is 8.82. The summed E-state index contributed by atoms with van der Waals surface area (Å²) in [6.07, 6.45) is 0. The maximum absolute atomic E-state index is 0. The molecule has 0 saturated heterocycles. The van der Waals surface area contributed by atoms with E-state index in [4.69, 9.17) is 0 Å². The molecule has 0 heterocycles. The van der Waals surface area contributed by atoms with Crippen LogP contribution in [0.25, 0.3) is 0 Å². The average Bonchev–Trinajstić information content (AvgIpc) is 0. The molecule has 0 aromatic heterocycles. The summed E-state index contributed by atoms with van der Waals surface area (Å²) in [5, 5.41) is 0. The van der Waals surface area contributed by atoms with Crippen molar-refractivity contribution in [3.63, 3.8) is 0 Å². The first-order chi connectivity index (χ1) is 0. The fraction of sp³-hybridized carbons (Fsp3) is 0. The molecule has 2 radical (unpaired) electrons. The molecule has 0 bridgehead atoms. The Morgan fingerprint density at radius 2 is 1.00 bits per heavy atom. The average molecular weight is 440 g/mol. The zero-order valence-electron chi connectivity index (χ0n) is 1.21. The molecule has 0 rings (SSSR count). The second-order valence-electron chi connectivity index (χ2n) is 0. The molecule has 0 aliphatic rings. The molecule has 4 heavy (non-hydrogen) atoms. The standard InChI is InChI=1S/Ga.GeH4.Pb.H2Se.5H/h;1H4;;1H2;;;;;. The third-order valence-electron chi connectivity index (χ3n) is 0. The summed E-state index contributed by atoms with van der Waals surface area (Å²) in [6, 6.07) is 0. The van der Waals surface area contributed by atoms with E-state index in [0.717, 1.165) is 0 Å². The number of hydrogen-bond acceptors (Lipinski definition) is 0. The van der Waals surface area contributed by atoms with E-state index in [-0.39, 0.29) is 81.8 Å². The van der Waals surface area contributed by atoms with E-state index in [1.807, 2.05) is 0 Å². The molecule has 0 aliphatic carbocycles. The minimum absolute atomic E-state index is 0. The van der Waals surface area contributed by atoms with E-state index >= 15 is 0 Å². The molecule has 0 fully saturated rings. The van der Waals surface area contributed by atoms with E-state index in [0.29, 0.717) is 0 Å². The van der Waals surface area contributed by atoms with E-state index < -0.39 is 0 Å². The van der Waals surface area contributed by atoms with E-state index in [9.17, 15) is 0 Å². The van der Waals surface area contributed by atoms with Crippen LogP contribution >= 0.6 is 0 Å². The van der Waals surface area contributed by atoms with Gasteiger partial charge in [-0.15, -0.1) is 0 Å². The SMILES string of the molecule is [GaH3].[GeH4].[PbH2].[SeH2]. The number of rotatable bonds is 0. The zero-order valence-corrected chi connectivity index (χ0v) is 8.80. The molecule has 0 saturated carbocycles. The molecule has 0 N–H and O–H groups in total. The summed E-state index contributed by atoms with van der Waals surface area (Å²) in [7, 11) is 0. The molecule has 0 unspecified atom stereocenters. The van der Waals surface area contributed by atoms with Crippen molar-refractivity contribution in [1.29, 1.82) is 0 Å². The van der Waals surface area contributed by atoms with Gasteiger partial charge >= 0.3 is 81.8 Å². The van der Waals surface area contributed by atoms with Gasteiger partial charge in [0.25, 0.3) is 0 Å². The van der Waals surface area contributed by atoms with Gasteiger partial charge < -0.3 is 0 Å². The molecular formula is H11GaGePbSe. The van der Waals surface area contributed by atoms with Crippen molar-refractivity contribution < 1.29 is 0 Å². The van der Waals surface area contributed by atoms with Crippen molar-refractivity contribution in [3.05, 3.63) is 0 Å². The molecule has 0 aliphatic heterocycles. The summed E-state index contributed by atoms with van der Waals surface area (Å²) >= 11 is 0. The monoisotopic (exact) mass is 442 g/mol. The number of hydrogen-bond donors (Lipinski definition) is 0. The third-order valence-corrected chi connectivity index (χ3v) is 0. The summed E-state index contributed by atoms with van der Waals surface area (Å²) < 4.78 is 0. The van der Waals surface area contributed by atoms with Crippen molar-refractivity contribution in [1.82, 2.24) is 0 Å². The molecule has 0 spiro atoms. The maximum atomic E-state index is 0. The van der Waals surface area contributed by atoms with Crippen LogP contribution in [0.1, 0.15) is 0 Å². The Morgan fingerprint density at radius 1 is 1.00 bits per heavy atom. The first kappa shape index (κ1) is 30.5. The van der Waals surface area contributed by atoms with Crippen molar-refractivity contribution in [3.8, 4) is 0 Å². The Kier molecular flexibility index (Phi) is 133.